The van der Waals surface area contributed by atoms with Crippen LogP contribution < -0.4 is 10.1 Å². The van der Waals surface area contributed by atoms with Crippen LogP contribution in [0.1, 0.15) is 29.5 Å². The average Bonchev–Trinajstić information content (AvgIpc) is 3.23. The van der Waals surface area contributed by atoms with Crippen molar-refractivity contribution >= 4 is 5.97 Å². The van der Waals surface area contributed by atoms with Crippen LogP contribution in [-0.2, 0) is 4.79 Å². The largest absolute Gasteiger partial charge is 0.490 e. The topological polar surface area (TPSA) is 58.6 Å². The number of benzene rings is 1. The fraction of sp³-hybridized carbons (Fsp3) is 0.562. The number of nitrogens with one attached hydrogen (secondary N) is 1. The number of carboxylic acid groups (broad SMARTS) is 1. The van der Waals surface area contributed by atoms with Crippen LogP contribution >= 0.6 is 0 Å². The molecule has 110 valence electrons. The maximum atomic E-state index is 11.6. The molecule has 0 aliphatic heterocycles. The molecule has 1 aliphatic carbocycles. The maximum Gasteiger partial charge on any atom is 0.327 e. The number of hydrogen-bond donors (Lipinski definition) is 2. The molecular formula is C16H23NO3. The van der Waals surface area contributed by atoms with Crippen LogP contribution in [0.4, 0.5) is 0 Å². The predicted molar refractivity (Wildman–Crippen MR) is 78.3 cm³/mol. The Morgan fingerprint density at radius 1 is 1.35 bits per heavy atom. The van der Waals surface area contributed by atoms with Crippen molar-refractivity contribution in [3.05, 3.63) is 28.8 Å². The molecule has 4 heteroatoms. The van der Waals surface area contributed by atoms with Gasteiger partial charge in [-0.25, -0.2) is 0 Å². The van der Waals surface area contributed by atoms with Crippen molar-refractivity contribution in [1.29, 1.82) is 0 Å². The van der Waals surface area contributed by atoms with E-state index in [1.807, 2.05) is 26.8 Å². The lowest BCUT2D eigenvalue weighted by Gasteiger charge is -2.29. The maximum absolute atomic E-state index is 11.6. The van der Waals surface area contributed by atoms with Gasteiger partial charge in [0, 0.05) is 0 Å². The Hall–Kier alpha value is -1.55. The van der Waals surface area contributed by atoms with Gasteiger partial charge in [-0.1, -0.05) is 12.1 Å². The first kappa shape index (κ1) is 14.9. The third-order valence-corrected chi connectivity index (χ3v) is 4.42. The zero-order chi connectivity index (χ0) is 14.9. The van der Waals surface area contributed by atoms with Gasteiger partial charge in [-0.05, 0) is 63.3 Å². The number of carbonyl (C=O) groups is 1. The summed E-state index contributed by atoms with van der Waals surface area (Å²) in [5, 5.41) is 12.5. The monoisotopic (exact) mass is 277 g/mol. The molecule has 2 rings (SSSR count). The average molecular weight is 277 g/mol. The highest BCUT2D eigenvalue weighted by molar-refractivity contribution is 5.80. The number of hydrogen-bond acceptors (Lipinski definition) is 3. The minimum absolute atomic E-state index is 0.161. The van der Waals surface area contributed by atoms with E-state index in [9.17, 15) is 9.90 Å². The molecule has 1 aliphatic rings. The van der Waals surface area contributed by atoms with E-state index < -0.39 is 11.5 Å². The van der Waals surface area contributed by atoms with Crippen LogP contribution in [0.5, 0.6) is 5.75 Å². The van der Waals surface area contributed by atoms with Crippen molar-refractivity contribution in [2.24, 2.45) is 5.92 Å². The molecule has 1 saturated carbocycles. The molecule has 4 nitrogen and oxygen atoms in total. The van der Waals surface area contributed by atoms with Crippen LogP contribution in [-0.4, -0.2) is 30.3 Å². The normalized spacial score (nSPS) is 17.6. The Bertz CT molecular complexity index is 523. The van der Waals surface area contributed by atoms with Crippen LogP contribution in [0.2, 0.25) is 0 Å². The van der Waals surface area contributed by atoms with E-state index in [1.54, 1.807) is 7.05 Å². The van der Waals surface area contributed by atoms with Gasteiger partial charge in [0.15, 0.2) is 5.54 Å². The van der Waals surface area contributed by atoms with Gasteiger partial charge in [0.05, 0.1) is 0 Å². The summed E-state index contributed by atoms with van der Waals surface area (Å²) < 4.78 is 5.92. The molecule has 0 spiro atoms. The van der Waals surface area contributed by atoms with Crippen LogP contribution in [0.25, 0.3) is 0 Å². The summed E-state index contributed by atoms with van der Waals surface area (Å²) in [5.41, 5.74) is 2.31. The predicted octanol–water partition coefficient (Wildman–Crippen LogP) is 2.44. The fourth-order valence-electron chi connectivity index (χ4n) is 2.65. The van der Waals surface area contributed by atoms with Crippen molar-refractivity contribution in [3.8, 4) is 5.75 Å². The number of likely N-dealkylation sites (N-methyl/N-ethyl adjacent to an activating group) is 1. The second-order valence-corrected chi connectivity index (χ2v) is 5.74. The van der Waals surface area contributed by atoms with Gasteiger partial charge in [0.25, 0.3) is 0 Å². The molecule has 1 aromatic rings. The molecule has 1 fully saturated rings. The quantitative estimate of drug-likeness (QED) is 0.838. The van der Waals surface area contributed by atoms with E-state index in [-0.39, 0.29) is 12.5 Å². The van der Waals surface area contributed by atoms with E-state index in [0.29, 0.717) is 0 Å². The summed E-state index contributed by atoms with van der Waals surface area (Å²) in [7, 11) is 1.70. The molecular weight excluding hydrogens is 254 g/mol. The van der Waals surface area contributed by atoms with E-state index >= 15 is 0 Å². The van der Waals surface area contributed by atoms with Crippen LogP contribution in [0.15, 0.2) is 12.1 Å². The molecule has 1 unspecified atom stereocenters. The minimum Gasteiger partial charge on any atom is -0.490 e. The Morgan fingerprint density at radius 3 is 2.45 bits per heavy atom. The Kier molecular flexibility index (Phi) is 4.04. The SMILES string of the molecule is CNC(COc1c(C)ccc(C)c1C)(C(=O)O)C1CC1. The number of ether oxygens (including phenoxy) is 1. The van der Waals surface area contributed by atoms with Gasteiger partial charge in [-0.3, -0.25) is 4.79 Å². The number of aliphatic carboxylic acids is 1. The number of aryl methyl sites for hydroxylation is 2. The highest BCUT2D eigenvalue weighted by Gasteiger charge is 2.51. The molecule has 1 aromatic carbocycles. The fourth-order valence-corrected chi connectivity index (χ4v) is 2.65. The molecule has 0 aromatic heterocycles. The van der Waals surface area contributed by atoms with E-state index in [4.69, 9.17) is 4.74 Å². The van der Waals surface area contributed by atoms with Crippen molar-refractivity contribution in [2.75, 3.05) is 13.7 Å². The second kappa shape index (κ2) is 5.44. The molecule has 0 saturated heterocycles. The van der Waals surface area contributed by atoms with Gasteiger partial charge in [0.2, 0.25) is 0 Å². The Balaban J connectivity index is 2.22. The van der Waals surface area contributed by atoms with E-state index in [2.05, 4.69) is 11.4 Å². The lowest BCUT2D eigenvalue weighted by Crippen LogP contribution is -2.56. The first-order chi connectivity index (χ1) is 9.42. The van der Waals surface area contributed by atoms with Crippen LogP contribution in [0, 0.1) is 26.7 Å². The first-order valence-electron chi connectivity index (χ1n) is 7.04. The van der Waals surface area contributed by atoms with E-state index in [0.717, 1.165) is 35.3 Å². The first-order valence-corrected chi connectivity index (χ1v) is 7.04. The summed E-state index contributed by atoms with van der Waals surface area (Å²) >= 11 is 0. The summed E-state index contributed by atoms with van der Waals surface area (Å²) in [6, 6.07) is 4.07. The minimum atomic E-state index is -0.970. The highest BCUT2D eigenvalue weighted by atomic mass is 16.5. The molecule has 0 heterocycles. The summed E-state index contributed by atoms with van der Waals surface area (Å²) in [4.78, 5) is 11.6. The smallest absolute Gasteiger partial charge is 0.327 e. The van der Waals surface area contributed by atoms with Crippen molar-refractivity contribution in [3.63, 3.8) is 0 Å². The van der Waals surface area contributed by atoms with Crippen molar-refractivity contribution < 1.29 is 14.6 Å². The zero-order valence-corrected chi connectivity index (χ0v) is 12.6. The molecule has 0 amide bonds. The molecule has 1 atom stereocenters. The molecule has 0 bridgehead atoms. The van der Waals surface area contributed by atoms with Gasteiger partial charge < -0.3 is 15.2 Å². The highest BCUT2D eigenvalue weighted by Crippen LogP contribution is 2.40. The lowest BCUT2D eigenvalue weighted by atomic mass is 9.94. The summed E-state index contributed by atoms with van der Waals surface area (Å²) in [6.45, 7) is 6.19. The lowest BCUT2D eigenvalue weighted by molar-refractivity contribution is -0.147. The zero-order valence-electron chi connectivity index (χ0n) is 12.6. The van der Waals surface area contributed by atoms with E-state index in [1.165, 1.54) is 0 Å². The number of carboxylic acids is 1. The Morgan fingerprint density at radius 2 is 1.95 bits per heavy atom. The van der Waals surface area contributed by atoms with Crippen LogP contribution in [0.3, 0.4) is 0 Å². The van der Waals surface area contributed by atoms with Gasteiger partial charge in [-0.15, -0.1) is 0 Å². The number of rotatable bonds is 6. The van der Waals surface area contributed by atoms with Gasteiger partial charge in [0.1, 0.15) is 12.4 Å². The van der Waals surface area contributed by atoms with Gasteiger partial charge in [-0.2, -0.15) is 0 Å². The van der Waals surface area contributed by atoms with Gasteiger partial charge >= 0.3 is 5.97 Å². The molecule has 2 N–H and O–H groups in total. The molecule has 20 heavy (non-hydrogen) atoms. The Labute approximate surface area is 120 Å². The second-order valence-electron chi connectivity index (χ2n) is 5.74. The summed E-state index contributed by atoms with van der Waals surface area (Å²) in [5.74, 6) is 0.146. The standard InChI is InChI=1S/C16H23NO3/c1-10-5-6-11(2)14(12(10)3)20-9-16(17-4,15(18)19)13-7-8-13/h5-6,13,17H,7-9H2,1-4H3,(H,18,19). The summed E-state index contributed by atoms with van der Waals surface area (Å²) in [6.07, 6.45) is 1.89. The van der Waals surface area contributed by atoms with Crippen molar-refractivity contribution in [1.82, 2.24) is 5.32 Å². The third kappa shape index (κ3) is 2.52. The third-order valence-electron chi connectivity index (χ3n) is 4.42. The van der Waals surface area contributed by atoms with Crippen molar-refractivity contribution in [2.45, 2.75) is 39.2 Å². The molecule has 0 radical (unpaired) electrons.